The molecule has 0 aliphatic rings. The number of rotatable bonds is 0. The van der Waals surface area contributed by atoms with Crippen molar-refractivity contribution in [3.05, 3.63) is 28.6 Å². The molecule has 1 N–H and O–H groups in total. The molecule has 19 heavy (non-hydrogen) atoms. The third-order valence-electron chi connectivity index (χ3n) is 2.71. The maximum absolute atomic E-state index is 9.90. The lowest BCUT2D eigenvalue weighted by atomic mass is 10.1. The van der Waals surface area contributed by atoms with Crippen molar-refractivity contribution in [1.29, 1.82) is 0 Å². The number of aryl methyl sites for hydroxylation is 4. The Kier molecular flexibility index (Phi) is 7.05. The average molecular weight is 262 g/mol. The number of nitrogens with zero attached hydrogens (tertiary/aromatic N) is 2. The van der Waals surface area contributed by atoms with Crippen LogP contribution in [0.1, 0.15) is 50.2 Å². The molecule has 2 aromatic rings. The summed E-state index contributed by atoms with van der Waals surface area (Å²) in [6, 6.07) is 1.93. The Hall–Kier alpha value is -1.64. The van der Waals surface area contributed by atoms with Crippen LogP contribution in [0.25, 0.3) is 11.0 Å². The first-order valence-electron chi connectivity index (χ1n) is 6.95. The van der Waals surface area contributed by atoms with Gasteiger partial charge in [0.15, 0.2) is 0 Å². The van der Waals surface area contributed by atoms with E-state index in [1.807, 2.05) is 61.5 Å². The van der Waals surface area contributed by atoms with Gasteiger partial charge in [0, 0.05) is 0 Å². The van der Waals surface area contributed by atoms with E-state index in [9.17, 15) is 5.11 Å². The van der Waals surface area contributed by atoms with Crippen molar-refractivity contribution >= 4 is 11.0 Å². The number of hydrogen-bond acceptors (Lipinski definition) is 3. The molecular weight excluding hydrogens is 236 g/mol. The molecule has 0 saturated heterocycles. The van der Waals surface area contributed by atoms with Gasteiger partial charge in [0.1, 0.15) is 11.3 Å². The minimum atomic E-state index is 0.242. The first kappa shape index (κ1) is 17.4. The summed E-state index contributed by atoms with van der Waals surface area (Å²) in [6.45, 7) is 15.7. The number of aromatic nitrogens is 2. The van der Waals surface area contributed by atoms with Crippen molar-refractivity contribution in [3.8, 4) is 5.75 Å². The molecule has 1 aromatic heterocycles. The summed E-state index contributed by atoms with van der Waals surface area (Å²) in [5.74, 6) is 0.242. The molecule has 0 atom stereocenters. The lowest BCUT2D eigenvalue weighted by Gasteiger charge is -2.08. The number of fused-ring (bicyclic) bond motifs is 1. The molecule has 1 heterocycles. The van der Waals surface area contributed by atoms with Crippen molar-refractivity contribution in [3.63, 3.8) is 0 Å². The van der Waals surface area contributed by atoms with Gasteiger partial charge < -0.3 is 5.11 Å². The number of phenolic OH excluding ortho intramolecular Hbond substituents is 1. The van der Waals surface area contributed by atoms with E-state index in [1.54, 1.807) is 0 Å². The third-order valence-corrected chi connectivity index (χ3v) is 2.71. The largest absolute Gasteiger partial charge is 0.505 e. The van der Waals surface area contributed by atoms with Gasteiger partial charge in [-0.25, -0.2) is 9.97 Å². The van der Waals surface area contributed by atoms with Crippen LogP contribution in [0, 0.1) is 27.7 Å². The molecule has 0 aliphatic heterocycles. The summed E-state index contributed by atoms with van der Waals surface area (Å²) in [4.78, 5) is 8.84. The van der Waals surface area contributed by atoms with Crippen LogP contribution in [0.15, 0.2) is 6.07 Å². The van der Waals surface area contributed by atoms with Gasteiger partial charge in [0.2, 0.25) is 0 Å². The second-order valence-electron chi connectivity index (χ2n) is 3.95. The van der Waals surface area contributed by atoms with Crippen molar-refractivity contribution in [2.24, 2.45) is 0 Å². The third kappa shape index (κ3) is 3.66. The van der Waals surface area contributed by atoms with Crippen LogP contribution in [0.5, 0.6) is 5.75 Å². The Balaban J connectivity index is 0.000000741. The van der Waals surface area contributed by atoms with Crippen LogP contribution < -0.4 is 0 Å². The second kappa shape index (κ2) is 7.72. The fraction of sp³-hybridized carbons (Fsp3) is 0.500. The van der Waals surface area contributed by atoms with E-state index < -0.39 is 0 Å². The van der Waals surface area contributed by atoms with E-state index in [2.05, 4.69) is 9.97 Å². The maximum atomic E-state index is 9.90. The number of benzene rings is 1. The molecule has 0 fully saturated rings. The van der Waals surface area contributed by atoms with Crippen LogP contribution >= 0.6 is 0 Å². The fourth-order valence-electron chi connectivity index (χ4n) is 1.69. The molecule has 0 bridgehead atoms. The molecule has 0 aliphatic carbocycles. The first-order valence-corrected chi connectivity index (χ1v) is 6.95. The van der Waals surface area contributed by atoms with Crippen LogP contribution in [-0.2, 0) is 0 Å². The Labute approximate surface area is 116 Å². The Morgan fingerprint density at radius 2 is 1.16 bits per heavy atom. The predicted octanol–water partition coefficient (Wildman–Crippen LogP) is 4.62. The molecule has 0 amide bonds. The summed E-state index contributed by atoms with van der Waals surface area (Å²) >= 11 is 0. The van der Waals surface area contributed by atoms with Gasteiger partial charge in [0.25, 0.3) is 0 Å². The highest BCUT2D eigenvalue weighted by Gasteiger charge is 2.10. The first-order chi connectivity index (χ1) is 9.00. The SMILES string of the molecule is CC.CC.Cc1cc(C)c2nc(C)c(C)nc2c1O. The van der Waals surface area contributed by atoms with Crippen molar-refractivity contribution in [2.75, 3.05) is 0 Å². The zero-order chi connectivity index (χ0) is 15.2. The van der Waals surface area contributed by atoms with E-state index in [0.717, 1.165) is 28.0 Å². The van der Waals surface area contributed by atoms with Crippen molar-refractivity contribution in [2.45, 2.75) is 55.4 Å². The summed E-state index contributed by atoms with van der Waals surface area (Å²) in [5, 5.41) is 9.90. The summed E-state index contributed by atoms with van der Waals surface area (Å²) in [5.41, 5.74) is 5.07. The predicted molar refractivity (Wildman–Crippen MR) is 82.8 cm³/mol. The highest BCUT2D eigenvalue weighted by molar-refractivity contribution is 5.85. The van der Waals surface area contributed by atoms with Crippen LogP contribution in [0.2, 0.25) is 0 Å². The molecule has 0 spiro atoms. The topological polar surface area (TPSA) is 46.0 Å². The van der Waals surface area contributed by atoms with Gasteiger partial charge in [-0.3, -0.25) is 0 Å². The average Bonchev–Trinajstić information content (AvgIpc) is 2.43. The second-order valence-corrected chi connectivity index (χ2v) is 3.95. The normalized spacial score (nSPS) is 9.26. The Morgan fingerprint density at radius 1 is 0.737 bits per heavy atom. The Morgan fingerprint density at radius 3 is 1.63 bits per heavy atom. The van der Waals surface area contributed by atoms with Crippen molar-refractivity contribution in [1.82, 2.24) is 9.97 Å². The molecule has 3 heteroatoms. The van der Waals surface area contributed by atoms with Gasteiger partial charge in [-0.2, -0.15) is 0 Å². The maximum Gasteiger partial charge on any atom is 0.146 e. The lowest BCUT2D eigenvalue weighted by molar-refractivity contribution is 0.476. The summed E-state index contributed by atoms with van der Waals surface area (Å²) < 4.78 is 0. The van der Waals surface area contributed by atoms with Gasteiger partial charge in [-0.15, -0.1) is 0 Å². The lowest BCUT2D eigenvalue weighted by Crippen LogP contribution is -1.96. The summed E-state index contributed by atoms with van der Waals surface area (Å²) in [7, 11) is 0. The monoisotopic (exact) mass is 262 g/mol. The smallest absolute Gasteiger partial charge is 0.146 e. The highest BCUT2D eigenvalue weighted by Crippen LogP contribution is 2.28. The van der Waals surface area contributed by atoms with Gasteiger partial charge in [-0.05, 0) is 38.8 Å². The van der Waals surface area contributed by atoms with Gasteiger partial charge in [-0.1, -0.05) is 33.8 Å². The quantitative estimate of drug-likeness (QED) is 0.753. The van der Waals surface area contributed by atoms with Gasteiger partial charge >= 0.3 is 0 Å². The molecule has 3 nitrogen and oxygen atoms in total. The van der Waals surface area contributed by atoms with E-state index in [4.69, 9.17) is 0 Å². The molecule has 0 radical (unpaired) electrons. The minimum absolute atomic E-state index is 0.242. The molecule has 1 aromatic carbocycles. The van der Waals surface area contributed by atoms with Crippen molar-refractivity contribution < 1.29 is 5.11 Å². The highest BCUT2D eigenvalue weighted by atomic mass is 16.3. The molecular formula is C16H26N2O. The van der Waals surface area contributed by atoms with E-state index >= 15 is 0 Å². The van der Waals surface area contributed by atoms with E-state index in [-0.39, 0.29) is 5.75 Å². The molecule has 2 rings (SSSR count). The zero-order valence-electron chi connectivity index (χ0n) is 13.4. The van der Waals surface area contributed by atoms with Gasteiger partial charge in [0.05, 0.1) is 16.9 Å². The Bertz CT molecular complexity index is 548. The van der Waals surface area contributed by atoms with Crippen LogP contribution in [-0.4, -0.2) is 15.1 Å². The number of phenols is 1. The zero-order valence-corrected chi connectivity index (χ0v) is 13.4. The molecule has 0 saturated carbocycles. The number of hydrogen-bond donors (Lipinski definition) is 1. The number of aromatic hydroxyl groups is 1. The minimum Gasteiger partial charge on any atom is -0.505 e. The van der Waals surface area contributed by atoms with E-state index in [1.165, 1.54) is 0 Å². The van der Waals surface area contributed by atoms with Crippen LogP contribution in [0.3, 0.4) is 0 Å². The van der Waals surface area contributed by atoms with Crippen LogP contribution in [0.4, 0.5) is 0 Å². The standard InChI is InChI=1S/C12H14N2O.2C2H6/c1-6-5-7(2)12(15)11-10(6)13-8(3)9(4)14-11;2*1-2/h5,15H,1-4H3;2*1-2H3. The molecule has 0 unspecified atom stereocenters. The fourth-order valence-corrected chi connectivity index (χ4v) is 1.69. The summed E-state index contributed by atoms with van der Waals surface area (Å²) in [6.07, 6.45) is 0. The van der Waals surface area contributed by atoms with E-state index in [0.29, 0.717) is 5.52 Å². The molecule has 106 valence electrons.